The van der Waals surface area contributed by atoms with Gasteiger partial charge in [0, 0.05) is 6.54 Å². The molecule has 0 atom stereocenters. The van der Waals surface area contributed by atoms with Gasteiger partial charge in [-0.3, -0.25) is 14.5 Å². The average molecular weight is 345 g/mol. The minimum Gasteiger partial charge on any atom is -0.459 e. The molecule has 0 aromatic carbocycles. The molecule has 0 saturated carbocycles. The molecule has 0 rings (SSSR count). The van der Waals surface area contributed by atoms with E-state index >= 15 is 0 Å². The molecule has 0 saturated heterocycles. The smallest absolute Gasteiger partial charge is 0.320 e. The van der Waals surface area contributed by atoms with Crippen LogP contribution in [0.3, 0.4) is 0 Å². The predicted octanol–water partition coefficient (Wildman–Crippen LogP) is 2.79. The van der Waals surface area contributed by atoms with Gasteiger partial charge in [-0.05, 0) is 62.3 Å². The summed E-state index contributed by atoms with van der Waals surface area (Å²) in [6, 6.07) is 0. The Morgan fingerprint density at radius 2 is 1.08 bits per heavy atom. The zero-order chi connectivity index (χ0) is 19.2. The summed E-state index contributed by atoms with van der Waals surface area (Å²) in [5.41, 5.74) is -1.39. The fourth-order valence-corrected chi connectivity index (χ4v) is 1.81. The van der Waals surface area contributed by atoms with Crippen molar-refractivity contribution in [2.24, 2.45) is 0 Å². The number of hydrogen-bond acceptors (Lipinski definition) is 6. The lowest BCUT2D eigenvalue weighted by Crippen LogP contribution is -2.42. The molecule has 0 heterocycles. The maximum atomic E-state index is 12.0. The van der Waals surface area contributed by atoms with Crippen LogP contribution in [0.5, 0.6) is 0 Å². The van der Waals surface area contributed by atoms with Crippen molar-refractivity contribution >= 4 is 11.9 Å². The van der Waals surface area contributed by atoms with Crippen LogP contribution in [0.4, 0.5) is 0 Å². The summed E-state index contributed by atoms with van der Waals surface area (Å²) in [7, 11) is 0. The van der Waals surface area contributed by atoms with Gasteiger partial charge in [0.2, 0.25) is 0 Å². The minimum absolute atomic E-state index is 0.0179. The first-order valence-corrected chi connectivity index (χ1v) is 8.37. The minimum atomic E-state index is -0.559. The topological polar surface area (TPSA) is 65.1 Å². The van der Waals surface area contributed by atoms with Crippen LogP contribution in [0, 0.1) is 0 Å². The molecule has 0 radical (unpaired) electrons. The van der Waals surface area contributed by atoms with Crippen molar-refractivity contribution < 1.29 is 23.8 Å². The first-order chi connectivity index (χ1) is 10.6. The fourth-order valence-electron chi connectivity index (χ4n) is 1.81. The molecule has 0 aliphatic rings. The molecular weight excluding hydrogens is 310 g/mol. The second kappa shape index (κ2) is 8.81. The summed E-state index contributed by atoms with van der Waals surface area (Å²) < 4.78 is 16.3. The van der Waals surface area contributed by atoms with Gasteiger partial charge in [0.05, 0.1) is 25.3 Å². The molecule has 6 heteroatoms. The summed E-state index contributed by atoms with van der Waals surface area (Å²) in [6.07, 6.45) is 0. The maximum absolute atomic E-state index is 12.0. The zero-order valence-electron chi connectivity index (χ0n) is 16.8. The van der Waals surface area contributed by atoms with E-state index in [2.05, 4.69) is 0 Å². The molecule has 0 N–H and O–H groups in total. The van der Waals surface area contributed by atoms with Crippen molar-refractivity contribution in [1.82, 2.24) is 4.90 Å². The van der Waals surface area contributed by atoms with Crippen LogP contribution in [-0.2, 0) is 23.8 Å². The van der Waals surface area contributed by atoms with Gasteiger partial charge in [0.15, 0.2) is 0 Å². The summed E-state index contributed by atoms with van der Waals surface area (Å²) >= 11 is 0. The summed E-state index contributed by atoms with van der Waals surface area (Å²) in [6.45, 7) is 17.6. The third-order valence-electron chi connectivity index (χ3n) is 2.49. The third kappa shape index (κ3) is 14.5. The SMILES string of the molecule is CC(C)(C)OCCN(CC(=O)OC(C)(C)C)CC(=O)OC(C)(C)C. The van der Waals surface area contributed by atoms with Crippen molar-refractivity contribution in [2.45, 2.75) is 79.1 Å². The molecule has 6 nitrogen and oxygen atoms in total. The lowest BCUT2D eigenvalue weighted by Gasteiger charge is -2.27. The van der Waals surface area contributed by atoms with Gasteiger partial charge in [-0.25, -0.2) is 0 Å². The van der Waals surface area contributed by atoms with E-state index in [1.165, 1.54) is 0 Å². The normalized spacial score (nSPS) is 13.1. The van der Waals surface area contributed by atoms with Crippen LogP contribution in [-0.4, -0.2) is 59.9 Å². The molecular formula is C18H35NO5. The van der Waals surface area contributed by atoms with Gasteiger partial charge in [-0.2, -0.15) is 0 Å². The number of hydrogen-bond donors (Lipinski definition) is 0. The largest absolute Gasteiger partial charge is 0.459 e. The summed E-state index contributed by atoms with van der Waals surface area (Å²) in [5.74, 6) is -0.747. The molecule has 0 bridgehead atoms. The van der Waals surface area contributed by atoms with Crippen molar-refractivity contribution in [1.29, 1.82) is 0 Å². The first-order valence-electron chi connectivity index (χ1n) is 8.37. The van der Waals surface area contributed by atoms with Gasteiger partial charge >= 0.3 is 11.9 Å². The van der Waals surface area contributed by atoms with Crippen molar-refractivity contribution in [3.05, 3.63) is 0 Å². The number of ether oxygens (including phenoxy) is 3. The van der Waals surface area contributed by atoms with E-state index in [1.807, 2.05) is 62.3 Å². The molecule has 142 valence electrons. The highest BCUT2D eigenvalue weighted by atomic mass is 16.6. The molecule has 0 fully saturated rings. The number of carbonyl (C=O) groups is 2. The molecule has 0 unspecified atom stereocenters. The Bertz CT molecular complexity index is 383. The highest BCUT2D eigenvalue weighted by Gasteiger charge is 2.23. The number of esters is 2. The summed E-state index contributed by atoms with van der Waals surface area (Å²) in [4.78, 5) is 25.8. The molecule has 0 aliphatic heterocycles. The molecule has 0 spiro atoms. The highest BCUT2D eigenvalue weighted by molar-refractivity contribution is 5.75. The van der Waals surface area contributed by atoms with Crippen LogP contribution in [0.15, 0.2) is 0 Å². The average Bonchev–Trinajstić information content (AvgIpc) is 2.20. The van der Waals surface area contributed by atoms with E-state index in [4.69, 9.17) is 14.2 Å². The Balaban J connectivity index is 4.70. The van der Waals surface area contributed by atoms with Gasteiger partial charge in [-0.1, -0.05) is 0 Å². The van der Waals surface area contributed by atoms with Crippen LogP contribution in [0.2, 0.25) is 0 Å². The summed E-state index contributed by atoms with van der Waals surface area (Å²) in [5, 5.41) is 0. The second-order valence-electron chi connectivity index (χ2n) is 8.84. The van der Waals surface area contributed by atoms with E-state index in [0.29, 0.717) is 13.2 Å². The van der Waals surface area contributed by atoms with Crippen molar-refractivity contribution in [2.75, 3.05) is 26.2 Å². The Labute approximate surface area is 146 Å². The molecule has 0 aromatic heterocycles. The number of carbonyl (C=O) groups excluding carboxylic acids is 2. The predicted molar refractivity (Wildman–Crippen MR) is 93.8 cm³/mol. The maximum Gasteiger partial charge on any atom is 0.320 e. The lowest BCUT2D eigenvalue weighted by molar-refractivity contribution is -0.160. The molecule has 24 heavy (non-hydrogen) atoms. The Morgan fingerprint density at radius 1 is 0.708 bits per heavy atom. The monoisotopic (exact) mass is 345 g/mol. The van der Waals surface area contributed by atoms with Crippen molar-refractivity contribution in [3.8, 4) is 0 Å². The Morgan fingerprint density at radius 3 is 1.38 bits per heavy atom. The van der Waals surface area contributed by atoms with Gasteiger partial charge < -0.3 is 14.2 Å². The quantitative estimate of drug-likeness (QED) is 0.661. The van der Waals surface area contributed by atoms with E-state index in [0.717, 1.165) is 0 Å². The highest BCUT2D eigenvalue weighted by Crippen LogP contribution is 2.10. The van der Waals surface area contributed by atoms with Gasteiger partial charge in [0.25, 0.3) is 0 Å². The number of nitrogens with zero attached hydrogens (tertiary/aromatic N) is 1. The Kier molecular flexibility index (Phi) is 8.39. The van der Waals surface area contributed by atoms with Gasteiger partial charge in [0.1, 0.15) is 11.2 Å². The van der Waals surface area contributed by atoms with Crippen molar-refractivity contribution in [3.63, 3.8) is 0 Å². The zero-order valence-corrected chi connectivity index (χ0v) is 16.8. The standard InChI is InChI=1S/C18H35NO5/c1-16(2,3)22-11-10-19(12-14(20)23-17(4,5)6)13-15(21)24-18(7,8)9/h10-13H2,1-9H3. The van der Waals surface area contributed by atoms with Crippen LogP contribution in [0.25, 0.3) is 0 Å². The third-order valence-corrected chi connectivity index (χ3v) is 2.49. The van der Waals surface area contributed by atoms with Crippen LogP contribution < -0.4 is 0 Å². The van der Waals surface area contributed by atoms with E-state index < -0.39 is 11.2 Å². The van der Waals surface area contributed by atoms with Crippen LogP contribution >= 0.6 is 0 Å². The first kappa shape index (κ1) is 22.9. The number of rotatable bonds is 7. The van der Waals surface area contributed by atoms with E-state index in [9.17, 15) is 9.59 Å². The Hall–Kier alpha value is -1.14. The van der Waals surface area contributed by atoms with Crippen LogP contribution in [0.1, 0.15) is 62.3 Å². The second-order valence-corrected chi connectivity index (χ2v) is 8.84. The van der Waals surface area contributed by atoms with E-state index in [1.54, 1.807) is 4.90 Å². The molecule has 0 aromatic rings. The van der Waals surface area contributed by atoms with E-state index in [-0.39, 0.29) is 30.6 Å². The molecule has 0 amide bonds. The van der Waals surface area contributed by atoms with Gasteiger partial charge in [-0.15, -0.1) is 0 Å². The fraction of sp³-hybridized carbons (Fsp3) is 0.889. The lowest BCUT2D eigenvalue weighted by atomic mass is 10.2. The molecule has 0 aliphatic carbocycles.